The number of nitrogens with one attached hydrogen (secondary N) is 1. The molecule has 0 saturated carbocycles. The lowest BCUT2D eigenvalue weighted by molar-refractivity contribution is -0.152. The molecule has 2 heterocycles. The third kappa shape index (κ3) is 4.80. The number of hydrogen-bond donors (Lipinski definition) is 1. The van der Waals surface area contributed by atoms with Gasteiger partial charge in [0, 0.05) is 23.3 Å². The van der Waals surface area contributed by atoms with E-state index in [9.17, 15) is 22.8 Å². The van der Waals surface area contributed by atoms with E-state index in [2.05, 4.69) is 5.10 Å². The molecule has 1 aliphatic rings. The highest BCUT2D eigenvalue weighted by molar-refractivity contribution is 7.99. The van der Waals surface area contributed by atoms with Crippen molar-refractivity contribution >= 4 is 23.6 Å². The number of H-pyrrole nitrogens is 1. The van der Waals surface area contributed by atoms with Crippen molar-refractivity contribution in [3.8, 4) is 0 Å². The van der Waals surface area contributed by atoms with Gasteiger partial charge in [0.15, 0.2) is 0 Å². The summed E-state index contributed by atoms with van der Waals surface area (Å²) in [4.78, 5) is 26.1. The van der Waals surface area contributed by atoms with E-state index in [1.807, 2.05) is 12.0 Å². The predicted molar refractivity (Wildman–Crippen MR) is 90.3 cm³/mol. The number of allylic oxidation sites excluding steroid dienone is 1. The van der Waals surface area contributed by atoms with Crippen LogP contribution < -0.4 is 0 Å². The van der Waals surface area contributed by atoms with Crippen LogP contribution in [0.25, 0.3) is 0 Å². The molecule has 6 nitrogen and oxygen atoms in total. The number of esters is 1. The average molecular weight is 391 g/mol. The molecule has 1 aromatic heterocycles. The summed E-state index contributed by atoms with van der Waals surface area (Å²) in [5.74, 6) is -0.0468. The lowest BCUT2D eigenvalue weighted by Gasteiger charge is -2.22. The van der Waals surface area contributed by atoms with E-state index in [0.717, 1.165) is 6.20 Å². The number of amides is 1. The van der Waals surface area contributed by atoms with Gasteiger partial charge >= 0.3 is 12.1 Å². The van der Waals surface area contributed by atoms with E-state index in [1.165, 1.54) is 16.7 Å². The fraction of sp³-hybridized carbons (Fsp3) is 0.562. The minimum Gasteiger partial charge on any atom is -0.464 e. The minimum atomic E-state index is -4.54. The van der Waals surface area contributed by atoms with Crippen LogP contribution >= 0.6 is 11.8 Å². The predicted octanol–water partition coefficient (Wildman–Crippen LogP) is 2.77. The molecule has 0 radical (unpaired) electrons. The number of nitrogens with zero attached hydrogens (tertiary/aromatic N) is 2. The molecule has 1 aliphatic heterocycles. The standard InChI is InChI=1S/C16H20F3N3O3S/c1-3-4-10(2)14(23)22-9-26-8-12(22)15(24)25-6-5-11-7-20-21-13(11)16(17,18)19/h4,7,12H,3,5-6,8-9H2,1-2H3,(H,20,21)/b10-4+. The van der Waals surface area contributed by atoms with Crippen molar-refractivity contribution in [3.63, 3.8) is 0 Å². The smallest absolute Gasteiger partial charge is 0.433 e. The number of rotatable bonds is 6. The van der Waals surface area contributed by atoms with Gasteiger partial charge in [-0.25, -0.2) is 4.79 Å². The zero-order valence-electron chi connectivity index (χ0n) is 14.4. The maximum atomic E-state index is 12.8. The first kappa shape index (κ1) is 20.3. The van der Waals surface area contributed by atoms with Gasteiger partial charge < -0.3 is 9.64 Å². The number of ether oxygens (including phenoxy) is 1. The normalized spacial score (nSPS) is 18.3. The van der Waals surface area contributed by atoms with Crippen LogP contribution in [0.3, 0.4) is 0 Å². The second-order valence-corrected chi connectivity index (χ2v) is 6.77. The van der Waals surface area contributed by atoms with E-state index in [0.29, 0.717) is 23.6 Å². The Bertz CT molecular complexity index is 688. The van der Waals surface area contributed by atoms with Crippen LogP contribution in [0.5, 0.6) is 0 Å². The highest BCUT2D eigenvalue weighted by atomic mass is 32.2. The molecule has 1 atom stereocenters. The molecule has 26 heavy (non-hydrogen) atoms. The first-order valence-corrected chi connectivity index (χ1v) is 9.22. The molecule has 0 aromatic carbocycles. The topological polar surface area (TPSA) is 75.3 Å². The molecular weight excluding hydrogens is 371 g/mol. The summed E-state index contributed by atoms with van der Waals surface area (Å²) in [5, 5.41) is 5.30. The van der Waals surface area contributed by atoms with Gasteiger partial charge in [0.05, 0.1) is 18.7 Å². The third-order valence-corrected chi connectivity index (χ3v) is 4.89. The van der Waals surface area contributed by atoms with Gasteiger partial charge in [0.25, 0.3) is 5.91 Å². The molecule has 1 aromatic rings. The van der Waals surface area contributed by atoms with Gasteiger partial charge in [-0.1, -0.05) is 13.0 Å². The van der Waals surface area contributed by atoms with Crippen LogP contribution in [0.15, 0.2) is 17.8 Å². The Labute approximate surface area is 153 Å². The molecule has 0 bridgehead atoms. The molecule has 10 heteroatoms. The number of halogens is 3. The van der Waals surface area contributed by atoms with Gasteiger partial charge in [-0.2, -0.15) is 18.3 Å². The Hall–Kier alpha value is -1.97. The monoisotopic (exact) mass is 391 g/mol. The van der Waals surface area contributed by atoms with Crippen LogP contribution in [-0.2, 0) is 26.9 Å². The van der Waals surface area contributed by atoms with E-state index < -0.39 is 23.9 Å². The summed E-state index contributed by atoms with van der Waals surface area (Å²) in [6.45, 7) is 3.38. The summed E-state index contributed by atoms with van der Waals surface area (Å²) in [6, 6.07) is -0.723. The van der Waals surface area contributed by atoms with Gasteiger partial charge in [-0.15, -0.1) is 11.8 Å². The maximum absolute atomic E-state index is 12.8. The third-order valence-electron chi connectivity index (χ3n) is 3.88. The van der Waals surface area contributed by atoms with Crippen molar-refractivity contribution in [1.29, 1.82) is 0 Å². The Morgan fingerprint density at radius 3 is 2.88 bits per heavy atom. The Morgan fingerprint density at radius 2 is 2.23 bits per heavy atom. The second kappa shape index (κ2) is 8.61. The van der Waals surface area contributed by atoms with Crippen LogP contribution in [0, 0.1) is 0 Å². The highest BCUT2D eigenvalue weighted by Gasteiger charge is 2.37. The fourth-order valence-electron chi connectivity index (χ4n) is 2.56. The maximum Gasteiger partial charge on any atom is 0.433 e. The van der Waals surface area contributed by atoms with E-state index in [1.54, 1.807) is 13.0 Å². The SMILES string of the molecule is CC/C=C(\C)C(=O)N1CSCC1C(=O)OCCc1cn[nH]c1C(F)(F)F. The summed E-state index contributed by atoms with van der Waals surface area (Å²) in [7, 11) is 0. The zero-order chi connectivity index (χ0) is 19.3. The number of hydrogen-bond acceptors (Lipinski definition) is 5. The van der Waals surface area contributed by atoms with E-state index >= 15 is 0 Å². The molecule has 1 amide bonds. The van der Waals surface area contributed by atoms with E-state index in [-0.39, 0.29) is 24.5 Å². The lowest BCUT2D eigenvalue weighted by atomic mass is 10.2. The summed E-state index contributed by atoms with van der Waals surface area (Å²) < 4.78 is 43.4. The van der Waals surface area contributed by atoms with Gasteiger partial charge in [-0.05, 0) is 13.3 Å². The summed E-state index contributed by atoms with van der Waals surface area (Å²) >= 11 is 1.43. The molecular formula is C16H20F3N3O3S. The molecule has 1 N–H and O–H groups in total. The minimum absolute atomic E-state index is 0.0687. The van der Waals surface area contributed by atoms with Crippen molar-refractivity contribution in [2.24, 2.45) is 0 Å². The van der Waals surface area contributed by atoms with Gasteiger partial charge in [0.1, 0.15) is 11.7 Å². The number of alkyl halides is 3. The average Bonchev–Trinajstić information content (AvgIpc) is 3.22. The summed E-state index contributed by atoms with van der Waals surface area (Å²) in [6.07, 6.45) is -1.09. The van der Waals surface area contributed by atoms with Crippen molar-refractivity contribution in [2.45, 2.75) is 38.9 Å². The first-order valence-electron chi connectivity index (χ1n) is 8.07. The van der Waals surface area contributed by atoms with Crippen LogP contribution in [0.4, 0.5) is 13.2 Å². The lowest BCUT2D eigenvalue weighted by Crippen LogP contribution is -2.43. The summed E-state index contributed by atoms with van der Waals surface area (Å²) in [5.41, 5.74) is -0.455. The Morgan fingerprint density at radius 1 is 1.50 bits per heavy atom. The number of aromatic amines is 1. The second-order valence-electron chi connectivity index (χ2n) is 5.77. The molecule has 1 saturated heterocycles. The number of carbonyl (C=O) groups excluding carboxylic acids is 2. The Kier molecular flexibility index (Phi) is 6.74. The van der Waals surface area contributed by atoms with Crippen molar-refractivity contribution < 1.29 is 27.5 Å². The Balaban J connectivity index is 1.92. The van der Waals surface area contributed by atoms with Crippen molar-refractivity contribution in [3.05, 3.63) is 29.1 Å². The van der Waals surface area contributed by atoms with Crippen LogP contribution in [0.1, 0.15) is 31.5 Å². The van der Waals surface area contributed by atoms with Gasteiger partial charge in [-0.3, -0.25) is 9.89 Å². The molecule has 144 valence electrons. The van der Waals surface area contributed by atoms with Crippen LogP contribution in [-0.4, -0.2) is 51.3 Å². The van der Waals surface area contributed by atoms with Crippen molar-refractivity contribution in [1.82, 2.24) is 15.1 Å². The number of aromatic nitrogens is 2. The molecule has 1 unspecified atom stereocenters. The molecule has 2 rings (SSSR count). The molecule has 0 spiro atoms. The quantitative estimate of drug-likeness (QED) is 0.596. The highest BCUT2D eigenvalue weighted by Crippen LogP contribution is 2.30. The van der Waals surface area contributed by atoms with Gasteiger partial charge in [0.2, 0.25) is 0 Å². The number of thioether (sulfide) groups is 1. The van der Waals surface area contributed by atoms with E-state index in [4.69, 9.17) is 4.74 Å². The zero-order valence-corrected chi connectivity index (χ0v) is 15.2. The molecule has 1 fully saturated rings. The largest absolute Gasteiger partial charge is 0.464 e. The van der Waals surface area contributed by atoms with Crippen molar-refractivity contribution in [2.75, 3.05) is 18.2 Å². The van der Waals surface area contributed by atoms with Crippen LogP contribution in [0.2, 0.25) is 0 Å². The fourth-order valence-corrected chi connectivity index (χ4v) is 3.70. The molecule has 0 aliphatic carbocycles. The number of carbonyl (C=O) groups is 2. The first-order chi connectivity index (χ1) is 12.3.